The van der Waals surface area contributed by atoms with Gasteiger partial charge in [0.25, 0.3) is 0 Å². The molecule has 1 unspecified atom stereocenters. The molecule has 0 saturated carbocycles. The predicted octanol–water partition coefficient (Wildman–Crippen LogP) is 1.91. The molecule has 2 heterocycles. The fraction of sp³-hybridized carbons (Fsp3) is 0.667. The van der Waals surface area contributed by atoms with Gasteiger partial charge in [0, 0.05) is 31.3 Å². The Balaban J connectivity index is 0.00000180. The molecule has 1 aromatic rings. The zero-order valence-electron chi connectivity index (χ0n) is 11.3. The number of thiazole rings is 1. The Morgan fingerprint density at radius 1 is 1.58 bits per heavy atom. The molecule has 1 fully saturated rings. The largest absolute Gasteiger partial charge is 0.376 e. The van der Waals surface area contributed by atoms with Crippen molar-refractivity contribution in [2.75, 3.05) is 20.2 Å². The van der Waals surface area contributed by atoms with Crippen LogP contribution < -0.4 is 10.6 Å². The molecule has 2 rings (SSSR count). The highest BCUT2D eigenvalue weighted by molar-refractivity contribution is 14.0. The third kappa shape index (κ3) is 5.62. The van der Waals surface area contributed by atoms with Crippen LogP contribution in [0, 0.1) is 6.92 Å². The van der Waals surface area contributed by atoms with Crippen LogP contribution in [0.4, 0.5) is 0 Å². The first-order chi connectivity index (χ1) is 8.78. The lowest BCUT2D eigenvalue weighted by Gasteiger charge is -2.14. The van der Waals surface area contributed by atoms with E-state index in [9.17, 15) is 0 Å². The molecule has 7 heteroatoms. The molecule has 1 saturated heterocycles. The summed E-state index contributed by atoms with van der Waals surface area (Å²) in [6.45, 7) is 4.47. The van der Waals surface area contributed by atoms with E-state index in [2.05, 4.69) is 27.5 Å². The van der Waals surface area contributed by atoms with Gasteiger partial charge in [0.05, 0.1) is 12.6 Å². The predicted molar refractivity (Wildman–Crippen MR) is 89.4 cm³/mol. The Kier molecular flexibility index (Phi) is 7.62. The van der Waals surface area contributed by atoms with Crippen LogP contribution in [0.1, 0.15) is 22.7 Å². The van der Waals surface area contributed by atoms with Crippen molar-refractivity contribution in [3.8, 4) is 0 Å². The first kappa shape index (κ1) is 16.6. The van der Waals surface area contributed by atoms with Gasteiger partial charge in [0.15, 0.2) is 5.96 Å². The Morgan fingerprint density at radius 2 is 2.42 bits per heavy atom. The van der Waals surface area contributed by atoms with E-state index in [0.717, 1.165) is 37.0 Å². The van der Waals surface area contributed by atoms with E-state index in [1.54, 1.807) is 18.4 Å². The number of halogens is 1. The summed E-state index contributed by atoms with van der Waals surface area (Å²) in [6.07, 6.45) is 4.52. The minimum absolute atomic E-state index is 0. The maximum atomic E-state index is 5.56. The number of nitrogens with zero attached hydrogens (tertiary/aromatic N) is 2. The minimum Gasteiger partial charge on any atom is -0.376 e. The lowest BCUT2D eigenvalue weighted by atomic mass is 10.2. The summed E-state index contributed by atoms with van der Waals surface area (Å²) in [7, 11) is 1.78. The number of rotatable bonds is 4. The molecule has 5 nitrogen and oxygen atoms in total. The highest BCUT2D eigenvalue weighted by atomic mass is 127. The second-order valence-corrected chi connectivity index (χ2v) is 5.63. The van der Waals surface area contributed by atoms with Gasteiger partial charge in [-0.05, 0) is 19.8 Å². The zero-order valence-corrected chi connectivity index (χ0v) is 14.5. The first-order valence-electron chi connectivity index (χ1n) is 6.25. The zero-order chi connectivity index (χ0) is 12.8. The lowest BCUT2D eigenvalue weighted by Crippen LogP contribution is -2.40. The molecule has 1 aliphatic rings. The van der Waals surface area contributed by atoms with Gasteiger partial charge >= 0.3 is 0 Å². The third-order valence-electron chi connectivity index (χ3n) is 2.82. The molecule has 108 valence electrons. The molecule has 0 bridgehead atoms. The van der Waals surface area contributed by atoms with E-state index >= 15 is 0 Å². The maximum Gasteiger partial charge on any atom is 0.191 e. The average Bonchev–Trinajstić information content (AvgIpc) is 3.01. The lowest BCUT2D eigenvalue weighted by molar-refractivity contribution is 0.114. The summed E-state index contributed by atoms with van der Waals surface area (Å²) in [5, 5.41) is 7.61. The number of aliphatic imine (C=N–C) groups is 1. The number of hydrogen-bond donors (Lipinski definition) is 2. The van der Waals surface area contributed by atoms with Gasteiger partial charge in [-0.2, -0.15) is 0 Å². The minimum atomic E-state index is 0. The molecular weight excluding hydrogens is 375 g/mol. The van der Waals surface area contributed by atoms with Crippen molar-refractivity contribution < 1.29 is 4.74 Å². The molecule has 0 spiro atoms. The number of hydrogen-bond acceptors (Lipinski definition) is 4. The molecule has 0 amide bonds. The van der Waals surface area contributed by atoms with Crippen molar-refractivity contribution in [1.82, 2.24) is 15.6 Å². The summed E-state index contributed by atoms with van der Waals surface area (Å²) >= 11 is 1.70. The fourth-order valence-corrected chi connectivity index (χ4v) is 2.61. The number of aryl methyl sites for hydroxylation is 1. The van der Waals surface area contributed by atoms with Crippen LogP contribution in [0.5, 0.6) is 0 Å². The van der Waals surface area contributed by atoms with Crippen molar-refractivity contribution in [2.24, 2.45) is 4.99 Å². The van der Waals surface area contributed by atoms with Gasteiger partial charge in [-0.3, -0.25) is 4.99 Å². The van der Waals surface area contributed by atoms with Gasteiger partial charge in [-0.15, -0.1) is 35.3 Å². The van der Waals surface area contributed by atoms with Gasteiger partial charge in [0.1, 0.15) is 5.01 Å². The van der Waals surface area contributed by atoms with E-state index < -0.39 is 0 Å². The van der Waals surface area contributed by atoms with E-state index in [4.69, 9.17) is 4.74 Å². The Bertz CT molecular complexity index is 404. The number of ether oxygens (including phenoxy) is 1. The summed E-state index contributed by atoms with van der Waals surface area (Å²) in [5.74, 6) is 0.804. The second kappa shape index (κ2) is 8.70. The van der Waals surface area contributed by atoms with E-state index in [1.165, 1.54) is 4.88 Å². The van der Waals surface area contributed by atoms with E-state index in [1.807, 2.05) is 6.20 Å². The molecule has 1 atom stereocenters. The SMILES string of the molecule is CN=C(NCc1ncc(C)s1)NCC1CCCO1.I. The Hall–Kier alpha value is -0.410. The van der Waals surface area contributed by atoms with Crippen LogP contribution in [-0.4, -0.2) is 37.2 Å². The normalized spacial score (nSPS) is 19.1. The van der Waals surface area contributed by atoms with Crippen LogP contribution in [0.15, 0.2) is 11.2 Å². The first-order valence-corrected chi connectivity index (χ1v) is 7.07. The Morgan fingerprint density at radius 3 is 3.00 bits per heavy atom. The molecule has 0 aliphatic carbocycles. The smallest absolute Gasteiger partial charge is 0.191 e. The highest BCUT2D eigenvalue weighted by Gasteiger charge is 2.15. The van der Waals surface area contributed by atoms with Crippen LogP contribution in [0.2, 0.25) is 0 Å². The maximum absolute atomic E-state index is 5.56. The van der Waals surface area contributed by atoms with Gasteiger partial charge in [0.2, 0.25) is 0 Å². The second-order valence-electron chi connectivity index (χ2n) is 4.31. The van der Waals surface area contributed by atoms with Crippen molar-refractivity contribution in [3.63, 3.8) is 0 Å². The summed E-state index contributed by atoms with van der Waals surface area (Å²) in [6, 6.07) is 0. The summed E-state index contributed by atoms with van der Waals surface area (Å²) in [5.41, 5.74) is 0. The molecule has 19 heavy (non-hydrogen) atoms. The monoisotopic (exact) mass is 396 g/mol. The standard InChI is InChI=1S/C12H20N4OS.HI/c1-9-6-14-11(18-9)8-16-12(13-2)15-7-10-4-3-5-17-10;/h6,10H,3-5,7-8H2,1-2H3,(H2,13,15,16);1H. The highest BCUT2D eigenvalue weighted by Crippen LogP contribution is 2.11. The molecule has 1 aromatic heterocycles. The Labute approximate surface area is 135 Å². The van der Waals surface area contributed by atoms with Crippen LogP contribution in [0.3, 0.4) is 0 Å². The van der Waals surface area contributed by atoms with Crippen LogP contribution in [-0.2, 0) is 11.3 Å². The van der Waals surface area contributed by atoms with E-state index in [-0.39, 0.29) is 24.0 Å². The van der Waals surface area contributed by atoms with Gasteiger partial charge in [-0.1, -0.05) is 0 Å². The number of nitrogens with one attached hydrogen (secondary N) is 2. The van der Waals surface area contributed by atoms with Crippen LogP contribution in [0.25, 0.3) is 0 Å². The van der Waals surface area contributed by atoms with Crippen LogP contribution >= 0.6 is 35.3 Å². The van der Waals surface area contributed by atoms with Gasteiger partial charge < -0.3 is 15.4 Å². The summed E-state index contributed by atoms with van der Waals surface area (Å²) in [4.78, 5) is 9.73. The number of aromatic nitrogens is 1. The fourth-order valence-electron chi connectivity index (χ4n) is 1.88. The quantitative estimate of drug-likeness (QED) is 0.464. The molecular formula is C12H21IN4OS. The van der Waals surface area contributed by atoms with Gasteiger partial charge in [-0.25, -0.2) is 4.98 Å². The van der Waals surface area contributed by atoms with Crippen molar-refractivity contribution in [1.29, 1.82) is 0 Å². The third-order valence-corrected chi connectivity index (χ3v) is 3.73. The molecule has 0 aromatic carbocycles. The topological polar surface area (TPSA) is 58.5 Å². The van der Waals surface area contributed by atoms with Crippen molar-refractivity contribution in [2.45, 2.75) is 32.4 Å². The molecule has 1 aliphatic heterocycles. The average molecular weight is 396 g/mol. The number of guanidine groups is 1. The van der Waals surface area contributed by atoms with E-state index in [0.29, 0.717) is 12.6 Å². The van der Waals surface area contributed by atoms with Crippen molar-refractivity contribution >= 4 is 41.3 Å². The molecule has 0 radical (unpaired) electrons. The summed E-state index contributed by atoms with van der Waals surface area (Å²) < 4.78 is 5.56. The molecule has 2 N–H and O–H groups in total. The van der Waals surface area contributed by atoms with Crippen molar-refractivity contribution in [3.05, 3.63) is 16.1 Å².